The summed E-state index contributed by atoms with van der Waals surface area (Å²) in [5, 5.41) is 12.6. The second-order valence-electron chi connectivity index (χ2n) is 7.56. The number of anilines is 2. The molecule has 33 heavy (non-hydrogen) atoms. The molecule has 1 heterocycles. The monoisotopic (exact) mass is 517 g/mol. The number of carbonyl (C=O) groups excluding carboxylic acids is 2. The van der Waals surface area contributed by atoms with E-state index in [0.29, 0.717) is 22.8 Å². The first-order chi connectivity index (χ1) is 16.0. The first-order valence-corrected chi connectivity index (χ1v) is 12.0. The molecule has 1 aliphatic heterocycles. The van der Waals surface area contributed by atoms with Gasteiger partial charge in [-0.2, -0.15) is 5.26 Å². The molecule has 0 bridgehead atoms. The Balaban J connectivity index is 1.71. The van der Waals surface area contributed by atoms with Gasteiger partial charge in [0.25, 0.3) is 5.91 Å². The van der Waals surface area contributed by atoms with Crippen LogP contribution in [0.3, 0.4) is 0 Å². The summed E-state index contributed by atoms with van der Waals surface area (Å²) in [5.41, 5.74) is 3.13. The number of nitriles is 1. The summed E-state index contributed by atoms with van der Waals surface area (Å²) in [6.07, 6.45) is 0.488. The van der Waals surface area contributed by atoms with Crippen LogP contribution >= 0.6 is 27.7 Å². The fourth-order valence-electron chi connectivity index (χ4n) is 3.55. The Bertz CT molecular complexity index is 1270. The Morgan fingerprint density at radius 1 is 1.09 bits per heavy atom. The number of hydrogen-bond acceptors (Lipinski definition) is 4. The first kappa shape index (κ1) is 22.8. The number of aryl methyl sites for hydroxylation is 1. The molecule has 0 radical (unpaired) electrons. The first-order valence-electron chi connectivity index (χ1n) is 10.3. The number of nitrogens with one attached hydrogen (secondary N) is 1. The molecular weight excluding hydrogens is 498 g/mol. The topological polar surface area (TPSA) is 73.2 Å². The van der Waals surface area contributed by atoms with Gasteiger partial charge in [-0.1, -0.05) is 70.2 Å². The zero-order valence-corrected chi connectivity index (χ0v) is 20.2. The number of para-hydroxylation sites is 1. The number of nitrogens with zero attached hydrogens (tertiary/aromatic N) is 2. The van der Waals surface area contributed by atoms with E-state index in [-0.39, 0.29) is 11.5 Å². The number of hydrogen-bond donors (Lipinski definition) is 1. The van der Waals surface area contributed by atoms with Gasteiger partial charge in [0, 0.05) is 15.8 Å². The van der Waals surface area contributed by atoms with Crippen LogP contribution in [0.2, 0.25) is 0 Å². The molecule has 0 saturated carbocycles. The van der Waals surface area contributed by atoms with Crippen LogP contribution in [0.1, 0.15) is 11.1 Å². The van der Waals surface area contributed by atoms with Gasteiger partial charge in [-0.05, 0) is 60.9 Å². The van der Waals surface area contributed by atoms with E-state index in [9.17, 15) is 14.9 Å². The number of carbonyl (C=O) groups is 2. The van der Waals surface area contributed by atoms with Crippen molar-refractivity contribution >= 4 is 50.9 Å². The van der Waals surface area contributed by atoms with E-state index in [1.807, 2.05) is 73.7 Å². The van der Waals surface area contributed by atoms with Gasteiger partial charge in [0.1, 0.15) is 16.7 Å². The molecule has 0 aliphatic carbocycles. The highest BCUT2D eigenvalue weighted by Crippen LogP contribution is 2.42. The van der Waals surface area contributed by atoms with Crippen LogP contribution in [0, 0.1) is 18.3 Å². The van der Waals surface area contributed by atoms with Crippen LogP contribution in [-0.2, 0) is 16.0 Å². The summed E-state index contributed by atoms with van der Waals surface area (Å²) < 4.78 is 0.961. The molecule has 0 aromatic heterocycles. The average Bonchev–Trinajstić information content (AvgIpc) is 3.12. The van der Waals surface area contributed by atoms with Gasteiger partial charge in [0.05, 0.1) is 5.25 Å². The molecule has 164 valence electrons. The van der Waals surface area contributed by atoms with E-state index in [2.05, 4.69) is 21.2 Å². The Morgan fingerprint density at radius 3 is 2.48 bits per heavy atom. The lowest BCUT2D eigenvalue weighted by atomic mass is 10.1. The van der Waals surface area contributed by atoms with Crippen LogP contribution in [0.15, 0.2) is 93.9 Å². The quantitative estimate of drug-likeness (QED) is 0.341. The van der Waals surface area contributed by atoms with Gasteiger partial charge in [-0.3, -0.25) is 14.5 Å². The standard InChI is InChI=1S/C26H20BrN3O2S/c1-17-6-5-7-20(14-17)29-24(31)22(16-28)26-30(21-8-3-2-4-9-21)25(32)23(33-26)15-18-10-12-19(27)13-11-18/h2-14,23H,15H2,1H3,(H,29,31)/b26-22-/t23-/m0/s1. The van der Waals surface area contributed by atoms with Crippen LogP contribution in [0.4, 0.5) is 11.4 Å². The third-order valence-electron chi connectivity index (χ3n) is 5.13. The molecular formula is C26H20BrN3O2S. The molecule has 0 spiro atoms. The minimum Gasteiger partial charge on any atom is -0.321 e. The summed E-state index contributed by atoms with van der Waals surface area (Å²) in [4.78, 5) is 28.0. The Morgan fingerprint density at radius 2 is 1.82 bits per heavy atom. The Kier molecular flexibility index (Phi) is 6.97. The van der Waals surface area contributed by atoms with Gasteiger partial charge >= 0.3 is 0 Å². The lowest BCUT2D eigenvalue weighted by Gasteiger charge is -2.18. The van der Waals surface area contributed by atoms with E-state index in [4.69, 9.17) is 0 Å². The van der Waals surface area contributed by atoms with Crippen LogP contribution in [-0.4, -0.2) is 17.1 Å². The van der Waals surface area contributed by atoms with Gasteiger partial charge < -0.3 is 5.32 Å². The van der Waals surface area contributed by atoms with Crippen LogP contribution in [0.25, 0.3) is 0 Å². The van der Waals surface area contributed by atoms with Gasteiger partial charge in [0.15, 0.2) is 0 Å². The molecule has 1 N–H and O–H groups in total. The van der Waals surface area contributed by atoms with Crippen molar-refractivity contribution in [3.8, 4) is 6.07 Å². The molecule has 0 unspecified atom stereocenters. The van der Waals surface area contributed by atoms with Crippen molar-refractivity contribution in [3.63, 3.8) is 0 Å². The number of benzene rings is 3. The third kappa shape index (κ3) is 5.19. The maximum Gasteiger partial charge on any atom is 0.269 e. The van der Waals surface area contributed by atoms with Crippen molar-refractivity contribution in [1.82, 2.24) is 0 Å². The molecule has 3 aromatic carbocycles. The highest BCUT2D eigenvalue weighted by atomic mass is 79.9. The smallest absolute Gasteiger partial charge is 0.269 e. The highest BCUT2D eigenvalue weighted by molar-refractivity contribution is 9.10. The largest absolute Gasteiger partial charge is 0.321 e. The summed E-state index contributed by atoms with van der Waals surface area (Å²) >= 11 is 4.68. The summed E-state index contributed by atoms with van der Waals surface area (Å²) in [6, 6.07) is 26.3. The van der Waals surface area contributed by atoms with Gasteiger partial charge in [0.2, 0.25) is 5.91 Å². The molecule has 4 rings (SSSR count). The van der Waals surface area contributed by atoms with Crippen LogP contribution in [0.5, 0.6) is 0 Å². The molecule has 1 fully saturated rings. The fraction of sp³-hybridized carbons (Fsp3) is 0.115. The third-order valence-corrected chi connectivity index (χ3v) is 6.92. The Hall–Kier alpha value is -3.34. The number of amides is 2. The van der Waals surface area contributed by atoms with Crippen molar-refractivity contribution < 1.29 is 9.59 Å². The normalized spacial score (nSPS) is 16.9. The van der Waals surface area contributed by atoms with Gasteiger partial charge in [-0.15, -0.1) is 0 Å². The van der Waals surface area contributed by atoms with E-state index >= 15 is 0 Å². The number of rotatable bonds is 5. The SMILES string of the molecule is Cc1cccc(NC(=O)/C(C#N)=C2\S[C@@H](Cc3ccc(Br)cc3)C(=O)N2c2ccccc2)c1. The molecule has 1 aliphatic rings. The van der Waals surface area contributed by atoms with E-state index < -0.39 is 11.2 Å². The molecule has 2 amide bonds. The predicted molar refractivity (Wildman–Crippen MR) is 136 cm³/mol. The van der Waals surface area contributed by atoms with E-state index in [1.165, 1.54) is 16.7 Å². The predicted octanol–water partition coefficient (Wildman–Crippen LogP) is 5.82. The second kappa shape index (κ2) is 10.1. The summed E-state index contributed by atoms with van der Waals surface area (Å²) in [5.74, 6) is -0.691. The zero-order chi connectivity index (χ0) is 23.4. The molecule has 1 saturated heterocycles. The van der Waals surface area contributed by atoms with Crippen molar-refractivity contribution in [2.24, 2.45) is 0 Å². The highest BCUT2D eigenvalue weighted by Gasteiger charge is 2.40. The van der Waals surface area contributed by atoms with E-state index in [1.54, 1.807) is 18.2 Å². The lowest BCUT2D eigenvalue weighted by Crippen LogP contribution is -2.30. The molecule has 3 aromatic rings. The molecule has 1 atom stereocenters. The summed E-state index contributed by atoms with van der Waals surface area (Å²) in [7, 11) is 0. The zero-order valence-electron chi connectivity index (χ0n) is 17.8. The lowest BCUT2D eigenvalue weighted by molar-refractivity contribution is -0.117. The van der Waals surface area contributed by atoms with Crippen LogP contribution < -0.4 is 10.2 Å². The van der Waals surface area contributed by atoms with Crippen molar-refractivity contribution in [2.45, 2.75) is 18.6 Å². The number of thioether (sulfide) groups is 1. The maximum absolute atomic E-state index is 13.5. The maximum atomic E-state index is 13.5. The Labute approximate surface area is 205 Å². The fourth-order valence-corrected chi connectivity index (χ4v) is 5.12. The van der Waals surface area contributed by atoms with Crippen molar-refractivity contribution in [2.75, 3.05) is 10.2 Å². The number of halogens is 1. The minimum absolute atomic E-state index is 0.0861. The molecule has 7 heteroatoms. The second-order valence-corrected chi connectivity index (χ2v) is 9.67. The van der Waals surface area contributed by atoms with Gasteiger partial charge in [-0.25, -0.2) is 0 Å². The van der Waals surface area contributed by atoms with E-state index in [0.717, 1.165) is 15.6 Å². The van der Waals surface area contributed by atoms with Crippen molar-refractivity contribution in [1.29, 1.82) is 5.26 Å². The summed E-state index contributed by atoms with van der Waals surface area (Å²) in [6.45, 7) is 1.93. The molecule has 5 nitrogen and oxygen atoms in total. The minimum atomic E-state index is -0.538. The average molecular weight is 518 g/mol. The van der Waals surface area contributed by atoms with Crippen molar-refractivity contribution in [3.05, 3.63) is 105 Å².